The molecule has 0 aliphatic heterocycles. The summed E-state index contributed by atoms with van der Waals surface area (Å²) in [6.07, 6.45) is 2.49. The number of carbonyl (C=O) groups excluding carboxylic acids is 1. The molecular formula is C23H25ClN4O2S. The van der Waals surface area contributed by atoms with Crippen LogP contribution in [0.15, 0.2) is 72.4 Å². The minimum absolute atomic E-state index is 0.00229. The lowest BCUT2D eigenvalue weighted by Gasteiger charge is -2.17. The molecule has 0 aliphatic rings. The molecule has 2 aromatic carbocycles. The first kappa shape index (κ1) is 22.9. The number of aromatic nitrogens is 3. The van der Waals surface area contributed by atoms with E-state index in [1.54, 1.807) is 36.2 Å². The number of benzene rings is 2. The van der Waals surface area contributed by atoms with Crippen molar-refractivity contribution in [1.29, 1.82) is 0 Å². The van der Waals surface area contributed by atoms with Crippen molar-refractivity contribution in [1.82, 2.24) is 19.7 Å². The number of rotatable bonds is 11. The first-order chi connectivity index (χ1) is 15.1. The van der Waals surface area contributed by atoms with Gasteiger partial charge in [-0.3, -0.25) is 4.79 Å². The molecule has 162 valence electrons. The zero-order valence-corrected chi connectivity index (χ0v) is 19.0. The Labute approximate surface area is 191 Å². The van der Waals surface area contributed by atoms with Crippen molar-refractivity contribution in [3.05, 3.63) is 83.7 Å². The maximum Gasteiger partial charge on any atom is 0.232 e. The van der Waals surface area contributed by atoms with E-state index in [9.17, 15) is 4.79 Å². The van der Waals surface area contributed by atoms with Gasteiger partial charge in [0.15, 0.2) is 5.16 Å². The molecule has 0 fully saturated rings. The third-order valence-electron chi connectivity index (χ3n) is 4.57. The second-order valence-corrected chi connectivity index (χ2v) is 8.25. The highest BCUT2D eigenvalue weighted by molar-refractivity contribution is 7.99. The molecule has 1 amide bonds. The van der Waals surface area contributed by atoms with E-state index in [-0.39, 0.29) is 11.7 Å². The van der Waals surface area contributed by atoms with E-state index in [4.69, 9.17) is 16.3 Å². The predicted molar refractivity (Wildman–Crippen MR) is 125 cm³/mol. The van der Waals surface area contributed by atoms with Gasteiger partial charge in [-0.1, -0.05) is 59.8 Å². The fourth-order valence-electron chi connectivity index (χ4n) is 2.84. The first-order valence-electron chi connectivity index (χ1n) is 9.89. The normalized spacial score (nSPS) is 10.6. The number of nitrogens with zero attached hydrogens (tertiary/aromatic N) is 4. The van der Waals surface area contributed by atoms with Gasteiger partial charge in [0.2, 0.25) is 5.91 Å². The zero-order chi connectivity index (χ0) is 22.1. The quantitative estimate of drug-likeness (QED) is 0.317. The standard InChI is InChI=1S/C23H25ClN4O2S/c1-3-13-28-21(16-18-7-5-4-6-8-18)25-26-23(28)31-17-22(29)27(2)14-15-30-20-11-9-19(24)10-12-20/h3-12H,1,13-17H2,2H3. The Balaban J connectivity index is 1.51. The largest absolute Gasteiger partial charge is 0.492 e. The number of carbonyl (C=O) groups is 1. The number of allylic oxidation sites excluding steroid dienone is 1. The molecule has 3 aromatic rings. The first-order valence-corrected chi connectivity index (χ1v) is 11.2. The molecule has 0 aliphatic carbocycles. The molecule has 0 spiro atoms. The van der Waals surface area contributed by atoms with Crippen molar-refractivity contribution in [2.24, 2.45) is 0 Å². The van der Waals surface area contributed by atoms with Crippen LogP contribution >= 0.6 is 23.4 Å². The Morgan fingerprint density at radius 1 is 1.19 bits per heavy atom. The summed E-state index contributed by atoms with van der Waals surface area (Å²) in [6, 6.07) is 17.3. The molecule has 8 heteroatoms. The highest BCUT2D eigenvalue weighted by Crippen LogP contribution is 2.20. The van der Waals surface area contributed by atoms with Crippen LogP contribution in [0.25, 0.3) is 0 Å². The van der Waals surface area contributed by atoms with Gasteiger partial charge in [0.25, 0.3) is 0 Å². The monoisotopic (exact) mass is 456 g/mol. The molecule has 1 heterocycles. The number of thioether (sulfide) groups is 1. The molecule has 0 saturated carbocycles. The number of hydrogen-bond donors (Lipinski definition) is 0. The van der Waals surface area contributed by atoms with Crippen LogP contribution in [0.5, 0.6) is 5.75 Å². The molecule has 6 nitrogen and oxygen atoms in total. The van der Waals surface area contributed by atoms with Crippen molar-refractivity contribution in [2.75, 3.05) is 26.0 Å². The third-order valence-corrected chi connectivity index (χ3v) is 5.77. The number of halogens is 1. The molecule has 0 bridgehead atoms. The fraction of sp³-hybridized carbons (Fsp3) is 0.261. The van der Waals surface area contributed by atoms with Crippen LogP contribution in [-0.4, -0.2) is 51.5 Å². The molecule has 31 heavy (non-hydrogen) atoms. The minimum atomic E-state index is 0.00229. The van der Waals surface area contributed by atoms with Crippen LogP contribution < -0.4 is 4.74 Å². The highest BCUT2D eigenvalue weighted by Gasteiger charge is 2.16. The van der Waals surface area contributed by atoms with E-state index in [2.05, 4.69) is 28.9 Å². The molecule has 3 rings (SSSR count). The van der Waals surface area contributed by atoms with Crippen LogP contribution in [0.3, 0.4) is 0 Å². The van der Waals surface area contributed by atoms with Gasteiger partial charge in [0.05, 0.1) is 12.3 Å². The summed E-state index contributed by atoms with van der Waals surface area (Å²) in [5, 5.41) is 10.00. The molecule has 0 saturated heterocycles. The number of hydrogen-bond acceptors (Lipinski definition) is 5. The van der Waals surface area contributed by atoms with E-state index >= 15 is 0 Å². The van der Waals surface area contributed by atoms with Gasteiger partial charge in [-0.2, -0.15) is 0 Å². The third kappa shape index (κ3) is 6.87. The van der Waals surface area contributed by atoms with Crippen molar-refractivity contribution in [3.63, 3.8) is 0 Å². The Hall–Kier alpha value is -2.77. The van der Waals surface area contributed by atoms with Crippen molar-refractivity contribution < 1.29 is 9.53 Å². The Morgan fingerprint density at radius 2 is 1.94 bits per heavy atom. The summed E-state index contributed by atoms with van der Waals surface area (Å²) >= 11 is 7.25. The van der Waals surface area contributed by atoms with Gasteiger partial charge in [0, 0.05) is 25.0 Å². The van der Waals surface area contributed by atoms with Crippen molar-refractivity contribution >= 4 is 29.3 Å². The Kier molecular flexibility index (Phi) is 8.55. The second kappa shape index (κ2) is 11.6. The smallest absolute Gasteiger partial charge is 0.232 e. The highest BCUT2D eigenvalue weighted by atomic mass is 35.5. The van der Waals surface area contributed by atoms with E-state index in [0.29, 0.717) is 36.3 Å². The summed E-state index contributed by atoms with van der Waals surface area (Å²) in [6.45, 7) is 5.32. The summed E-state index contributed by atoms with van der Waals surface area (Å²) in [7, 11) is 1.77. The van der Waals surface area contributed by atoms with E-state index in [1.165, 1.54) is 11.8 Å². The molecule has 0 atom stereocenters. The zero-order valence-electron chi connectivity index (χ0n) is 17.4. The topological polar surface area (TPSA) is 60.2 Å². The lowest BCUT2D eigenvalue weighted by Crippen LogP contribution is -2.32. The van der Waals surface area contributed by atoms with Crippen LogP contribution in [-0.2, 0) is 17.8 Å². The van der Waals surface area contributed by atoms with E-state index in [0.717, 1.165) is 17.1 Å². The van der Waals surface area contributed by atoms with E-state index < -0.39 is 0 Å². The lowest BCUT2D eigenvalue weighted by molar-refractivity contribution is -0.127. The lowest BCUT2D eigenvalue weighted by atomic mass is 10.1. The molecule has 0 unspecified atom stereocenters. The average Bonchev–Trinajstić information content (AvgIpc) is 3.15. The maximum absolute atomic E-state index is 12.5. The molecular weight excluding hydrogens is 432 g/mol. The summed E-state index contributed by atoms with van der Waals surface area (Å²) in [4.78, 5) is 14.2. The fourth-order valence-corrected chi connectivity index (χ4v) is 3.87. The van der Waals surface area contributed by atoms with Crippen molar-refractivity contribution in [2.45, 2.75) is 18.1 Å². The molecule has 0 N–H and O–H groups in total. The minimum Gasteiger partial charge on any atom is -0.492 e. The van der Waals surface area contributed by atoms with Gasteiger partial charge in [-0.15, -0.1) is 16.8 Å². The van der Waals surface area contributed by atoms with Gasteiger partial charge in [0.1, 0.15) is 18.2 Å². The Bertz CT molecular complexity index is 993. The van der Waals surface area contributed by atoms with Crippen LogP contribution in [0.2, 0.25) is 5.02 Å². The number of amides is 1. The SMILES string of the molecule is C=CCn1c(Cc2ccccc2)nnc1SCC(=O)N(C)CCOc1ccc(Cl)cc1. The maximum atomic E-state index is 12.5. The van der Waals surface area contributed by atoms with Crippen LogP contribution in [0.4, 0.5) is 0 Å². The van der Waals surface area contributed by atoms with Crippen LogP contribution in [0, 0.1) is 0 Å². The average molecular weight is 457 g/mol. The van der Waals surface area contributed by atoms with Gasteiger partial charge in [-0.25, -0.2) is 0 Å². The predicted octanol–water partition coefficient (Wildman–Crippen LogP) is 4.34. The number of likely N-dealkylation sites (N-methyl/N-ethyl adjacent to an activating group) is 1. The summed E-state index contributed by atoms with van der Waals surface area (Å²) < 4.78 is 7.66. The Morgan fingerprint density at radius 3 is 2.65 bits per heavy atom. The molecule has 1 aromatic heterocycles. The van der Waals surface area contributed by atoms with Gasteiger partial charge < -0.3 is 14.2 Å². The number of ether oxygens (including phenoxy) is 1. The summed E-state index contributed by atoms with van der Waals surface area (Å²) in [5.41, 5.74) is 1.16. The molecule has 0 radical (unpaired) electrons. The summed E-state index contributed by atoms with van der Waals surface area (Å²) in [5.74, 6) is 1.86. The van der Waals surface area contributed by atoms with Gasteiger partial charge >= 0.3 is 0 Å². The van der Waals surface area contributed by atoms with E-state index in [1.807, 2.05) is 28.8 Å². The van der Waals surface area contributed by atoms with Crippen LogP contribution in [0.1, 0.15) is 11.4 Å². The van der Waals surface area contributed by atoms with Gasteiger partial charge in [-0.05, 0) is 29.8 Å². The second-order valence-electron chi connectivity index (χ2n) is 6.87. The van der Waals surface area contributed by atoms with Crippen molar-refractivity contribution in [3.8, 4) is 5.75 Å².